The molecule has 1 N–H and O–H groups in total. The molecule has 0 amide bonds. The van der Waals surface area contributed by atoms with E-state index in [1.54, 1.807) is 29.8 Å². The van der Waals surface area contributed by atoms with Crippen molar-refractivity contribution in [2.24, 2.45) is 0 Å². The van der Waals surface area contributed by atoms with Crippen molar-refractivity contribution < 1.29 is 14.3 Å². The third kappa shape index (κ3) is 4.57. The van der Waals surface area contributed by atoms with Crippen LogP contribution in [0.4, 0.5) is 11.5 Å². The molecule has 0 atom stereocenters. The number of carbonyl (C=O) groups excluding carboxylic acids is 1. The van der Waals surface area contributed by atoms with Crippen LogP contribution in [-0.2, 0) is 4.74 Å². The number of aromatic nitrogens is 2. The van der Waals surface area contributed by atoms with Crippen molar-refractivity contribution in [1.82, 2.24) is 9.97 Å². The first-order valence-electron chi connectivity index (χ1n) is 10.6. The van der Waals surface area contributed by atoms with Crippen LogP contribution < -0.4 is 10.1 Å². The van der Waals surface area contributed by atoms with Crippen LogP contribution in [0.25, 0.3) is 21.3 Å². The van der Waals surface area contributed by atoms with E-state index in [-0.39, 0.29) is 5.97 Å². The molecule has 0 unspecified atom stereocenters. The van der Waals surface area contributed by atoms with Gasteiger partial charge in [0.05, 0.1) is 24.2 Å². The monoisotopic (exact) mass is 447 g/mol. The van der Waals surface area contributed by atoms with Gasteiger partial charge in [-0.25, -0.2) is 14.8 Å². The summed E-state index contributed by atoms with van der Waals surface area (Å²) in [6.07, 6.45) is 2.37. The van der Waals surface area contributed by atoms with Gasteiger partial charge in [0, 0.05) is 16.1 Å². The molecule has 32 heavy (non-hydrogen) atoms. The lowest BCUT2D eigenvalue weighted by Gasteiger charge is -2.10. The fourth-order valence-electron chi connectivity index (χ4n) is 3.48. The lowest BCUT2D eigenvalue weighted by atomic mass is 10.0. The summed E-state index contributed by atoms with van der Waals surface area (Å²) >= 11 is 1.64. The smallest absolute Gasteiger partial charge is 0.338 e. The summed E-state index contributed by atoms with van der Waals surface area (Å²) in [7, 11) is 0. The number of benzene rings is 2. The van der Waals surface area contributed by atoms with E-state index < -0.39 is 0 Å². The highest BCUT2D eigenvalue weighted by molar-refractivity contribution is 7.19. The Kier molecular flexibility index (Phi) is 6.66. The summed E-state index contributed by atoms with van der Waals surface area (Å²) in [5.74, 6) is 1.26. The second-order valence-corrected chi connectivity index (χ2v) is 8.43. The fourth-order valence-corrected chi connectivity index (χ4v) is 4.49. The summed E-state index contributed by atoms with van der Waals surface area (Å²) in [4.78, 5) is 23.1. The Hall–Kier alpha value is -3.45. The van der Waals surface area contributed by atoms with Crippen molar-refractivity contribution in [2.45, 2.75) is 27.2 Å². The van der Waals surface area contributed by atoms with E-state index in [1.807, 2.05) is 38.1 Å². The molecule has 0 bridgehead atoms. The molecule has 0 aliphatic heterocycles. The van der Waals surface area contributed by atoms with Gasteiger partial charge in [-0.1, -0.05) is 19.1 Å². The van der Waals surface area contributed by atoms with Crippen molar-refractivity contribution >= 4 is 39.0 Å². The molecule has 7 heteroatoms. The molecule has 2 aromatic carbocycles. The van der Waals surface area contributed by atoms with Crippen LogP contribution in [0.15, 0.2) is 54.9 Å². The number of hydrogen-bond acceptors (Lipinski definition) is 7. The van der Waals surface area contributed by atoms with E-state index in [0.717, 1.165) is 45.0 Å². The maximum atomic E-state index is 12.0. The number of thiophene rings is 1. The van der Waals surface area contributed by atoms with Gasteiger partial charge in [-0.15, -0.1) is 11.3 Å². The van der Waals surface area contributed by atoms with E-state index in [2.05, 4.69) is 34.3 Å². The van der Waals surface area contributed by atoms with Crippen LogP contribution in [-0.4, -0.2) is 29.2 Å². The maximum Gasteiger partial charge on any atom is 0.338 e. The van der Waals surface area contributed by atoms with Crippen molar-refractivity contribution in [2.75, 3.05) is 18.5 Å². The third-order valence-corrected chi connectivity index (χ3v) is 5.95. The Morgan fingerprint density at radius 1 is 1.03 bits per heavy atom. The summed E-state index contributed by atoms with van der Waals surface area (Å²) in [5, 5.41) is 4.37. The number of hydrogen-bond donors (Lipinski definition) is 1. The molecule has 0 radical (unpaired) electrons. The first kappa shape index (κ1) is 21.8. The van der Waals surface area contributed by atoms with E-state index in [9.17, 15) is 4.79 Å². The van der Waals surface area contributed by atoms with E-state index in [0.29, 0.717) is 18.8 Å². The minimum absolute atomic E-state index is 0.311. The quantitative estimate of drug-likeness (QED) is 0.316. The largest absolute Gasteiger partial charge is 0.494 e. The van der Waals surface area contributed by atoms with Crippen LogP contribution in [0.5, 0.6) is 5.75 Å². The van der Waals surface area contributed by atoms with Crippen LogP contribution in [0.2, 0.25) is 0 Å². The Bertz CT molecular complexity index is 1220. The SMILES string of the molecule is CCCOC(=O)c1ccc(Nc2ncnc3sc(C)c(-c4ccc(OCC)cc4)c23)cc1. The van der Waals surface area contributed by atoms with Gasteiger partial charge in [0.15, 0.2) is 0 Å². The maximum absolute atomic E-state index is 12.0. The van der Waals surface area contributed by atoms with Crippen molar-refractivity contribution in [3.63, 3.8) is 0 Å². The zero-order chi connectivity index (χ0) is 22.5. The van der Waals surface area contributed by atoms with Crippen LogP contribution >= 0.6 is 11.3 Å². The summed E-state index contributed by atoms with van der Waals surface area (Å²) < 4.78 is 10.8. The zero-order valence-electron chi connectivity index (χ0n) is 18.3. The van der Waals surface area contributed by atoms with Gasteiger partial charge in [-0.2, -0.15) is 0 Å². The Morgan fingerprint density at radius 2 is 1.78 bits per heavy atom. The number of nitrogens with zero attached hydrogens (tertiary/aromatic N) is 2. The molecule has 164 valence electrons. The number of ether oxygens (including phenoxy) is 2. The van der Waals surface area contributed by atoms with Crippen LogP contribution in [0, 0.1) is 6.92 Å². The van der Waals surface area contributed by atoms with E-state index in [4.69, 9.17) is 9.47 Å². The summed E-state index contributed by atoms with van der Waals surface area (Å²) in [5.41, 5.74) is 3.55. The lowest BCUT2D eigenvalue weighted by Crippen LogP contribution is -2.05. The number of aryl methyl sites for hydroxylation is 1. The highest BCUT2D eigenvalue weighted by Crippen LogP contribution is 2.41. The van der Waals surface area contributed by atoms with Crippen molar-refractivity contribution in [3.05, 3.63) is 65.3 Å². The Labute approximate surface area is 191 Å². The number of rotatable bonds is 8. The number of anilines is 2. The minimum Gasteiger partial charge on any atom is -0.494 e. The molecule has 6 nitrogen and oxygen atoms in total. The van der Waals surface area contributed by atoms with Crippen LogP contribution in [0.3, 0.4) is 0 Å². The van der Waals surface area contributed by atoms with Gasteiger partial charge in [0.25, 0.3) is 0 Å². The topological polar surface area (TPSA) is 73.3 Å². The third-order valence-electron chi connectivity index (χ3n) is 4.94. The molecule has 2 aromatic heterocycles. The first-order chi connectivity index (χ1) is 15.6. The van der Waals surface area contributed by atoms with Crippen molar-refractivity contribution in [3.8, 4) is 16.9 Å². The average molecular weight is 448 g/mol. The molecule has 0 saturated heterocycles. The van der Waals surface area contributed by atoms with E-state index in [1.165, 1.54) is 4.88 Å². The fraction of sp³-hybridized carbons (Fsp3) is 0.240. The predicted molar refractivity (Wildman–Crippen MR) is 129 cm³/mol. The molecular weight excluding hydrogens is 422 g/mol. The number of esters is 1. The first-order valence-corrected chi connectivity index (χ1v) is 11.4. The summed E-state index contributed by atoms with van der Waals surface area (Å²) in [6.45, 7) is 7.09. The molecule has 0 fully saturated rings. The Morgan fingerprint density at radius 3 is 2.47 bits per heavy atom. The molecule has 0 aliphatic carbocycles. The summed E-state index contributed by atoms with van der Waals surface area (Å²) in [6, 6.07) is 15.3. The average Bonchev–Trinajstić information content (AvgIpc) is 3.15. The number of nitrogens with one attached hydrogen (secondary N) is 1. The minimum atomic E-state index is -0.311. The molecule has 2 heterocycles. The van der Waals surface area contributed by atoms with Gasteiger partial charge in [-0.3, -0.25) is 0 Å². The van der Waals surface area contributed by atoms with Gasteiger partial charge in [0.2, 0.25) is 0 Å². The number of fused-ring (bicyclic) bond motifs is 1. The van der Waals surface area contributed by atoms with Crippen molar-refractivity contribution in [1.29, 1.82) is 0 Å². The number of carbonyl (C=O) groups is 1. The Balaban J connectivity index is 1.66. The molecule has 0 aliphatic rings. The predicted octanol–water partition coefficient (Wildman–Crippen LogP) is 6.38. The molecule has 4 aromatic rings. The molecule has 0 saturated carbocycles. The molecular formula is C25H25N3O3S. The van der Waals surface area contributed by atoms with Gasteiger partial charge in [-0.05, 0) is 62.2 Å². The normalized spacial score (nSPS) is 10.8. The van der Waals surface area contributed by atoms with Gasteiger partial charge in [0.1, 0.15) is 22.7 Å². The zero-order valence-corrected chi connectivity index (χ0v) is 19.2. The van der Waals surface area contributed by atoms with Gasteiger partial charge < -0.3 is 14.8 Å². The van der Waals surface area contributed by atoms with E-state index >= 15 is 0 Å². The highest BCUT2D eigenvalue weighted by atomic mass is 32.1. The second-order valence-electron chi connectivity index (χ2n) is 7.23. The van der Waals surface area contributed by atoms with Crippen LogP contribution in [0.1, 0.15) is 35.5 Å². The van der Waals surface area contributed by atoms with Gasteiger partial charge >= 0.3 is 5.97 Å². The second kappa shape index (κ2) is 9.78. The molecule has 4 rings (SSSR count). The highest BCUT2D eigenvalue weighted by Gasteiger charge is 2.17. The lowest BCUT2D eigenvalue weighted by molar-refractivity contribution is 0.0505. The molecule has 0 spiro atoms. The standard InChI is InChI=1S/C25H25N3O3S/c1-4-14-31-25(29)18-6-10-19(11-7-18)28-23-22-21(16(3)32-24(22)27-15-26-23)17-8-12-20(13-9-17)30-5-2/h6-13,15H,4-5,14H2,1-3H3,(H,26,27,28).